The molecule has 0 bridgehead atoms. The first-order chi connectivity index (χ1) is 8.25. The van der Waals surface area contributed by atoms with Gasteiger partial charge in [-0.2, -0.15) is 0 Å². The van der Waals surface area contributed by atoms with Crippen molar-refractivity contribution in [3.05, 3.63) is 48.3 Å². The summed E-state index contributed by atoms with van der Waals surface area (Å²) in [6.45, 7) is 0.614. The van der Waals surface area contributed by atoms with Gasteiger partial charge in [0.15, 0.2) is 0 Å². The lowest BCUT2D eigenvalue weighted by Gasteiger charge is -2.06. The Hall–Kier alpha value is -2.08. The van der Waals surface area contributed by atoms with Crippen molar-refractivity contribution >= 4 is 22.9 Å². The van der Waals surface area contributed by atoms with E-state index in [1.54, 1.807) is 12.4 Å². The zero-order valence-corrected chi connectivity index (χ0v) is 9.81. The van der Waals surface area contributed by atoms with Crippen molar-refractivity contribution in [2.24, 2.45) is 5.73 Å². The number of anilines is 1. The Morgan fingerprint density at radius 1 is 1.29 bits per heavy atom. The van der Waals surface area contributed by atoms with Crippen molar-refractivity contribution in [2.45, 2.75) is 6.54 Å². The summed E-state index contributed by atoms with van der Waals surface area (Å²) < 4.78 is 0. The van der Waals surface area contributed by atoms with Crippen LogP contribution >= 0.6 is 12.2 Å². The van der Waals surface area contributed by atoms with Crippen molar-refractivity contribution in [2.75, 3.05) is 5.32 Å². The molecule has 0 aliphatic rings. The van der Waals surface area contributed by atoms with Gasteiger partial charge < -0.3 is 11.1 Å². The maximum Gasteiger partial charge on any atom is 0.122 e. The Morgan fingerprint density at radius 3 is 2.88 bits per heavy atom. The van der Waals surface area contributed by atoms with Crippen molar-refractivity contribution < 1.29 is 0 Å². The summed E-state index contributed by atoms with van der Waals surface area (Å²) in [5.41, 5.74) is 7.93. The first kappa shape index (κ1) is 11.4. The van der Waals surface area contributed by atoms with Crippen LogP contribution in [0.2, 0.25) is 0 Å². The van der Waals surface area contributed by atoms with Gasteiger partial charge in [-0.05, 0) is 18.2 Å². The van der Waals surface area contributed by atoms with E-state index in [9.17, 15) is 0 Å². The largest absolute Gasteiger partial charge is 0.388 e. The van der Waals surface area contributed by atoms with Gasteiger partial charge in [-0.3, -0.25) is 4.98 Å². The molecule has 2 aromatic heterocycles. The Bertz CT molecular complexity index is 514. The monoisotopic (exact) mass is 245 g/mol. The number of thiocarbonyl (C=S) groups is 1. The highest BCUT2D eigenvalue weighted by molar-refractivity contribution is 7.80. The number of hydrogen-bond donors (Lipinski definition) is 2. The summed E-state index contributed by atoms with van der Waals surface area (Å²) in [6.07, 6.45) is 4.89. The summed E-state index contributed by atoms with van der Waals surface area (Å²) in [7, 11) is 0. The van der Waals surface area contributed by atoms with E-state index < -0.39 is 0 Å². The second-order valence-corrected chi connectivity index (χ2v) is 3.79. The maximum atomic E-state index is 5.51. The van der Waals surface area contributed by atoms with Crippen LogP contribution in [0.3, 0.4) is 0 Å². The number of nitrogens with zero attached hydrogens (tertiary/aromatic N) is 3. The van der Waals surface area contributed by atoms with Gasteiger partial charge in [-0.25, -0.2) is 9.97 Å². The maximum absolute atomic E-state index is 5.51. The molecule has 17 heavy (non-hydrogen) atoms. The lowest BCUT2D eigenvalue weighted by atomic mass is 10.3. The number of pyridine rings is 1. The number of aromatic nitrogens is 3. The fourth-order valence-corrected chi connectivity index (χ4v) is 1.40. The molecule has 0 fully saturated rings. The highest BCUT2D eigenvalue weighted by Gasteiger charge is 2.00. The fourth-order valence-electron chi connectivity index (χ4n) is 1.29. The summed E-state index contributed by atoms with van der Waals surface area (Å²) >= 11 is 4.87. The number of nitrogens with two attached hydrogens (primary N) is 1. The average Bonchev–Trinajstić information content (AvgIpc) is 2.38. The minimum absolute atomic E-state index is 0.288. The van der Waals surface area contributed by atoms with Crippen LogP contribution in [-0.4, -0.2) is 19.9 Å². The molecule has 2 rings (SSSR count). The standard InChI is InChI=1S/C11H11N5S/c12-11(17)10-5-8(2-4-14-10)15-6-9-1-3-13-7-16-9/h1-5,7H,6H2,(H2,12,17)(H,14,15). The fraction of sp³-hybridized carbons (Fsp3) is 0.0909. The molecule has 0 unspecified atom stereocenters. The lowest BCUT2D eigenvalue weighted by molar-refractivity contribution is 1.01. The van der Waals surface area contributed by atoms with E-state index in [0.717, 1.165) is 11.4 Å². The Balaban J connectivity index is 2.04. The zero-order valence-electron chi connectivity index (χ0n) is 9.00. The molecule has 0 saturated heterocycles. The average molecular weight is 245 g/mol. The summed E-state index contributed by atoms with van der Waals surface area (Å²) in [5, 5.41) is 3.21. The molecular formula is C11H11N5S. The Morgan fingerprint density at radius 2 is 2.18 bits per heavy atom. The van der Waals surface area contributed by atoms with Crippen LogP contribution in [0.15, 0.2) is 36.9 Å². The molecule has 5 nitrogen and oxygen atoms in total. The minimum atomic E-state index is 0.288. The molecule has 2 aromatic rings. The molecule has 0 aliphatic carbocycles. The number of nitrogens with one attached hydrogen (secondary N) is 1. The highest BCUT2D eigenvalue weighted by Crippen LogP contribution is 2.09. The molecule has 6 heteroatoms. The van der Waals surface area contributed by atoms with E-state index in [2.05, 4.69) is 20.3 Å². The normalized spacial score (nSPS) is 9.88. The molecule has 86 valence electrons. The van der Waals surface area contributed by atoms with Gasteiger partial charge in [0.2, 0.25) is 0 Å². The van der Waals surface area contributed by atoms with Gasteiger partial charge in [-0.1, -0.05) is 12.2 Å². The molecule has 0 amide bonds. The molecule has 0 radical (unpaired) electrons. The minimum Gasteiger partial charge on any atom is -0.388 e. The molecule has 0 aromatic carbocycles. The van der Waals surface area contributed by atoms with E-state index in [1.807, 2.05) is 18.2 Å². The molecule has 3 N–H and O–H groups in total. The zero-order chi connectivity index (χ0) is 12.1. The van der Waals surface area contributed by atoms with Gasteiger partial charge in [0, 0.05) is 18.1 Å². The third-order valence-corrected chi connectivity index (χ3v) is 2.34. The predicted octanol–water partition coefficient (Wildman–Crippen LogP) is 1.12. The topological polar surface area (TPSA) is 76.7 Å². The Labute approximate surface area is 104 Å². The third kappa shape index (κ3) is 3.18. The van der Waals surface area contributed by atoms with Crippen LogP contribution in [0.25, 0.3) is 0 Å². The van der Waals surface area contributed by atoms with Crippen LogP contribution in [-0.2, 0) is 6.54 Å². The molecule has 0 saturated carbocycles. The second kappa shape index (κ2) is 5.31. The van der Waals surface area contributed by atoms with Gasteiger partial charge in [-0.15, -0.1) is 0 Å². The first-order valence-electron chi connectivity index (χ1n) is 5.00. The Kier molecular flexibility index (Phi) is 3.56. The third-order valence-electron chi connectivity index (χ3n) is 2.13. The van der Waals surface area contributed by atoms with Crippen LogP contribution in [0, 0.1) is 0 Å². The smallest absolute Gasteiger partial charge is 0.122 e. The van der Waals surface area contributed by atoms with Crippen molar-refractivity contribution in [1.82, 2.24) is 15.0 Å². The van der Waals surface area contributed by atoms with Crippen molar-refractivity contribution in [1.29, 1.82) is 0 Å². The quantitative estimate of drug-likeness (QED) is 0.786. The molecule has 0 spiro atoms. The lowest BCUT2D eigenvalue weighted by Crippen LogP contribution is -2.12. The second-order valence-electron chi connectivity index (χ2n) is 3.35. The van der Waals surface area contributed by atoms with Crippen LogP contribution in [0.5, 0.6) is 0 Å². The van der Waals surface area contributed by atoms with E-state index in [1.165, 1.54) is 6.33 Å². The molecule has 2 heterocycles. The van der Waals surface area contributed by atoms with E-state index in [4.69, 9.17) is 18.0 Å². The first-order valence-corrected chi connectivity index (χ1v) is 5.41. The van der Waals surface area contributed by atoms with Gasteiger partial charge in [0.1, 0.15) is 11.3 Å². The summed E-state index contributed by atoms with van der Waals surface area (Å²) in [5.74, 6) is 0. The summed E-state index contributed by atoms with van der Waals surface area (Å²) in [4.78, 5) is 12.3. The van der Waals surface area contributed by atoms with Crippen LogP contribution < -0.4 is 11.1 Å². The van der Waals surface area contributed by atoms with Crippen LogP contribution in [0.1, 0.15) is 11.4 Å². The van der Waals surface area contributed by atoms with Gasteiger partial charge in [0.25, 0.3) is 0 Å². The van der Waals surface area contributed by atoms with E-state index >= 15 is 0 Å². The van der Waals surface area contributed by atoms with Gasteiger partial charge >= 0.3 is 0 Å². The molecular weight excluding hydrogens is 234 g/mol. The van der Waals surface area contributed by atoms with Crippen molar-refractivity contribution in [3.63, 3.8) is 0 Å². The van der Waals surface area contributed by atoms with Crippen molar-refractivity contribution in [3.8, 4) is 0 Å². The molecule has 0 aliphatic heterocycles. The van der Waals surface area contributed by atoms with E-state index in [0.29, 0.717) is 12.2 Å². The number of rotatable bonds is 4. The predicted molar refractivity (Wildman–Crippen MR) is 69.5 cm³/mol. The van der Waals surface area contributed by atoms with Crippen LogP contribution in [0.4, 0.5) is 5.69 Å². The van der Waals surface area contributed by atoms with E-state index in [-0.39, 0.29) is 4.99 Å². The highest BCUT2D eigenvalue weighted by atomic mass is 32.1. The SMILES string of the molecule is NC(=S)c1cc(NCc2ccncn2)ccn1. The summed E-state index contributed by atoms with van der Waals surface area (Å²) in [6, 6.07) is 5.51. The van der Waals surface area contributed by atoms with Gasteiger partial charge in [0.05, 0.1) is 17.9 Å². The number of hydrogen-bond acceptors (Lipinski definition) is 5. The molecule has 0 atom stereocenters.